The van der Waals surface area contributed by atoms with Crippen molar-refractivity contribution < 1.29 is 34.5 Å². The van der Waals surface area contributed by atoms with Crippen LogP contribution in [0.1, 0.15) is 47.1 Å². The summed E-state index contributed by atoms with van der Waals surface area (Å²) in [5, 5.41) is 34.0. The summed E-state index contributed by atoms with van der Waals surface area (Å²) in [7, 11) is 0. The van der Waals surface area contributed by atoms with E-state index in [1.807, 2.05) is 12.1 Å². The zero-order valence-corrected chi connectivity index (χ0v) is 21.8. The van der Waals surface area contributed by atoms with Crippen molar-refractivity contribution in [3.8, 4) is 0 Å². The molecule has 0 fully saturated rings. The van der Waals surface area contributed by atoms with Crippen LogP contribution >= 0.6 is 22.6 Å². The summed E-state index contributed by atoms with van der Waals surface area (Å²) in [5.74, 6) is -5.93. The topological polar surface area (TPSA) is 153 Å². The number of aliphatic carboxylic acids is 3. The third-order valence-electron chi connectivity index (χ3n) is 5.43. The lowest BCUT2D eigenvalue weighted by Crippen LogP contribution is -2.59. The zero-order valence-electron chi connectivity index (χ0n) is 19.7. The Morgan fingerprint density at radius 3 is 1.70 bits per heavy atom. The van der Waals surface area contributed by atoms with Gasteiger partial charge in [-0.05, 0) is 51.1 Å². The van der Waals surface area contributed by atoms with Crippen LogP contribution in [0, 0.1) is 26.2 Å². The van der Waals surface area contributed by atoms with Crippen LogP contribution in [-0.4, -0.2) is 51.3 Å². The molecule has 0 heterocycles. The maximum absolute atomic E-state index is 12.7. The van der Waals surface area contributed by atoms with Gasteiger partial charge < -0.3 is 26.0 Å². The molecule has 9 nitrogen and oxygen atoms in total. The lowest BCUT2D eigenvalue weighted by atomic mass is 9.61. The van der Waals surface area contributed by atoms with E-state index < -0.39 is 58.7 Å². The normalized spacial score (nSPS) is 15.6. The first-order valence-corrected chi connectivity index (χ1v) is 11.5. The minimum atomic E-state index is -1.56. The fourth-order valence-corrected chi connectivity index (χ4v) is 4.32. The highest BCUT2D eigenvalue weighted by molar-refractivity contribution is 14.1. The van der Waals surface area contributed by atoms with Gasteiger partial charge in [0.1, 0.15) is 12.1 Å². The Morgan fingerprint density at radius 2 is 1.33 bits per heavy atom. The number of carboxylic acid groups (broad SMARTS) is 3. The van der Waals surface area contributed by atoms with E-state index in [0.717, 1.165) is 3.57 Å². The number of halogens is 1. The highest BCUT2D eigenvalue weighted by atomic mass is 127. The fourth-order valence-electron chi connectivity index (χ4n) is 3.96. The standard InChI is InChI=1S/C23H33IN2O7/c1-22(2,3)15(16(19(29)30)23(4,5)6)17(20(31)32)26-21(33)25-14(18(27)28)11-12-7-9-13(24)10-8-12/h7-10,14-17H,11H2,1-6H3,(H,27,28)(H,29,30)(H,31,32)(H2,25,26,33). The van der Waals surface area contributed by atoms with Crippen molar-refractivity contribution in [2.24, 2.45) is 22.7 Å². The fraction of sp³-hybridized carbons (Fsp3) is 0.565. The van der Waals surface area contributed by atoms with Gasteiger partial charge in [0.25, 0.3) is 0 Å². The molecule has 184 valence electrons. The van der Waals surface area contributed by atoms with E-state index in [1.54, 1.807) is 53.7 Å². The number of benzene rings is 1. The molecule has 0 aliphatic carbocycles. The molecular formula is C23H33IN2O7. The van der Waals surface area contributed by atoms with Gasteiger partial charge in [0.2, 0.25) is 0 Å². The number of carboxylic acids is 3. The van der Waals surface area contributed by atoms with Gasteiger partial charge in [0, 0.05) is 15.9 Å². The third kappa shape index (κ3) is 8.49. The third-order valence-corrected chi connectivity index (χ3v) is 6.15. The summed E-state index contributed by atoms with van der Waals surface area (Å²) in [5.41, 5.74) is -0.923. The van der Waals surface area contributed by atoms with Crippen LogP contribution in [-0.2, 0) is 20.8 Å². The van der Waals surface area contributed by atoms with Crippen molar-refractivity contribution in [3.05, 3.63) is 33.4 Å². The van der Waals surface area contributed by atoms with Crippen molar-refractivity contribution in [1.82, 2.24) is 10.6 Å². The van der Waals surface area contributed by atoms with Gasteiger partial charge in [-0.3, -0.25) is 4.79 Å². The van der Waals surface area contributed by atoms with Crippen molar-refractivity contribution in [1.29, 1.82) is 0 Å². The van der Waals surface area contributed by atoms with Gasteiger partial charge in [-0.2, -0.15) is 0 Å². The van der Waals surface area contributed by atoms with E-state index in [9.17, 15) is 34.5 Å². The lowest BCUT2D eigenvalue weighted by Gasteiger charge is -2.44. The van der Waals surface area contributed by atoms with Crippen LogP contribution in [0.2, 0.25) is 0 Å². The van der Waals surface area contributed by atoms with Crippen molar-refractivity contribution in [3.63, 3.8) is 0 Å². The van der Waals surface area contributed by atoms with Crippen LogP contribution in [0.25, 0.3) is 0 Å². The summed E-state index contributed by atoms with van der Waals surface area (Å²) in [6.07, 6.45) is -0.000146. The molecule has 0 spiro atoms. The molecule has 0 saturated carbocycles. The predicted octanol–water partition coefficient (Wildman–Crippen LogP) is 3.45. The van der Waals surface area contributed by atoms with Gasteiger partial charge in [-0.1, -0.05) is 53.7 Å². The Hall–Kier alpha value is -2.37. The molecule has 0 aliphatic rings. The zero-order chi connectivity index (χ0) is 25.7. The second-order valence-electron chi connectivity index (χ2n) is 10.2. The first-order chi connectivity index (χ1) is 14.9. The first-order valence-electron chi connectivity index (χ1n) is 10.4. The number of amides is 2. The van der Waals surface area contributed by atoms with Gasteiger partial charge in [-0.25, -0.2) is 14.4 Å². The number of carbonyl (C=O) groups excluding carboxylic acids is 1. The largest absolute Gasteiger partial charge is 0.481 e. The number of hydrogen-bond donors (Lipinski definition) is 5. The second-order valence-corrected chi connectivity index (χ2v) is 11.5. The molecule has 0 radical (unpaired) electrons. The molecule has 5 N–H and O–H groups in total. The van der Waals surface area contributed by atoms with E-state index in [0.29, 0.717) is 5.56 Å². The first kappa shape index (κ1) is 28.7. The van der Waals surface area contributed by atoms with Crippen molar-refractivity contribution >= 4 is 46.5 Å². The molecule has 1 aromatic carbocycles. The van der Waals surface area contributed by atoms with Gasteiger partial charge in [0.15, 0.2) is 0 Å². The lowest BCUT2D eigenvalue weighted by molar-refractivity contribution is -0.155. The van der Waals surface area contributed by atoms with Crippen molar-refractivity contribution in [2.75, 3.05) is 0 Å². The van der Waals surface area contributed by atoms with Crippen LogP contribution in [0.15, 0.2) is 24.3 Å². The predicted molar refractivity (Wildman–Crippen MR) is 131 cm³/mol. The number of nitrogens with one attached hydrogen (secondary N) is 2. The average molecular weight is 576 g/mol. The Bertz CT molecular complexity index is 872. The van der Waals surface area contributed by atoms with Crippen LogP contribution in [0.4, 0.5) is 4.79 Å². The average Bonchev–Trinajstić information content (AvgIpc) is 2.63. The van der Waals surface area contributed by atoms with Crippen LogP contribution in [0.5, 0.6) is 0 Å². The Balaban J connectivity index is 3.20. The number of hydrogen-bond acceptors (Lipinski definition) is 4. The molecule has 0 aromatic heterocycles. The van der Waals surface area contributed by atoms with Crippen molar-refractivity contribution in [2.45, 2.75) is 60.0 Å². The summed E-state index contributed by atoms with van der Waals surface area (Å²) < 4.78 is 0.971. The Morgan fingerprint density at radius 1 is 0.818 bits per heavy atom. The monoisotopic (exact) mass is 576 g/mol. The molecule has 10 heteroatoms. The molecule has 1 rings (SSSR count). The highest BCUT2D eigenvalue weighted by Gasteiger charge is 2.50. The maximum atomic E-state index is 12.7. The molecular weight excluding hydrogens is 543 g/mol. The molecule has 4 atom stereocenters. The van der Waals surface area contributed by atoms with E-state index in [-0.39, 0.29) is 6.42 Å². The number of rotatable bonds is 9. The van der Waals surface area contributed by atoms with Gasteiger partial charge in [-0.15, -0.1) is 0 Å². The molecule has 2 amide bonds. The van der Waals surface area contributed by atoms with Gasteiger partial charge >= 0.3 is 23.9 Å². The number of urea groups is 1. The molecule has 1 aromatic rings. The van der Waals surface area contributed by atoms with E-state index in [4.69, 9.17) is 0 Å². The van der Waals surface area contributed by atoms with E-state index in [2.05, 4.69) is 33.2 Å². The number of carbonyl (C=O) groups is 4. The van der Waals surface area contributed by atoms with E-state index in [1.165, 1.54) is 0 Å². The minimum Gasteiger partial charge on any atom is -0.481 e. The summed E-state index contributed by atoms with van der Waals surface area (Å²) in [6, 6.07) is 3.25. The van der Waals surface area contributed by atoms with E-state index >= 15 is 0 Å². The molecule has 4 unspecified atom stereocenters. The minimum absolute atomic E-state index is 0.000146. The van der Waals surface area contributed by atoms with Gasteiger partial charge in [0.05, 0.1) is 5.92 Å². The van der Waals surface area contributed by atoms with Crippen LogP contribution < -0.4 is 10.6 Å². The molecule has 33 heavy (non-hydrogen) atoms. The SMILES string of the molecule is CC(C)(C)C(C(=O)O)C(C(NC(=O)NC(Cc1ccc(I)cc1)C(=O)O)C(=O)O)C(C)(C)C. The van der Waals surface area contributed by atoms with Crippen LogP contribution in [0.3, 0.4) is 0 Å². The Labute approximate surface area is 207 Å². The summed E-state index contributed by atoms with van der Waals surface area (Å²) in [6.45, 7) is 10.2. The summed E-state index contributed by atoms with van der Waals surface area (Å²) >= 11 is 2.12. The quantitative estimate of drug-likeness (QED) is 0.282. The highest BCUT2D eigenvalue weighted by Crippen LogP contribution is 2.43. The molecule has 0 bridgehead atoms. The maximum Gasteiger partial charge on any atom is 0.326 e. The molecule has 0 aliphatic heterocycles. The summed E-state index contributed by atoms with van der Waals surface area (Å²) in [4.78, 5) is 48.7. The molecule has 0 saturated heterocycles. The Kier molecular flexibility index (Phi) is 9.70. The second kappa shape index (κ2) is 11.2. The smallest absolute Gasteiger partial charge is 0.326 e.